The number of benzene rings is 2. The highest BCUT2D eigenvalue weighted by Gasteiger charge is 2.40. The molecule has 5 rings (SSSR count). The van der Waals surface area contributed by atoms with Gasteiger partial charge in [0, 0.05) is 18.2 Å². The smallest absolute Gasteiger partial charge is 0.247 e. The van der Waals surface area contributed by atoms with E-state index >= 15 is 0 Å². The molecule has 1 fully saturated rings. The second kappa shape index (κ2) is 8.43. The minimum Gasteiger partial charge on any atom is -0.497 e. The quantitative estimate of drug-likeness (QED) is 0.561. The van der Waals surface area contributed by atoms with Crippen LogP contribution in [0.1, 0.15) is 44.0 Å². The molecule has 0 N–H and O–H groups in total. The van der Waals surface area contributed by atoms with Gasteiger partial charge in [-0.05, 0) is 54.8 Å². The van der Waals surface area contributed by atoms with Crippen LogP contribution in [0.3, 0.4) is 0 Å². The molecule has 33 heavy (non-hydrogen) atoms. The number of carbonyl (C=O) groups is 2. The van der Waals surface area contributed by atoms with Crippen molar-refractivity contribution in [2.45, 2.75) is 38.8 Å². The fraction of sp³-hybridized carbons (Fsp3) is 0.333. The van der Waals surface area contributed by atoms with Gasteiger partial charge in [-0.1, -0.05) is 38.1 Å². The third kappa shape index (κ3) is 3.80. The number of amides is 2. The van der Waals surface area contributed by atoms with Gasteiger partial charge in [0.1, 0.15) is 18.3 Å². The lowest BCUT2D eigenvalue weighted by molar-refractivity contribution is -0.138. The van der Waals surface area contributed by atoms with E-state index in [1.807, 2.05) is 79.5 Å². The van der Waals surface area contributed by atoms with E-state index in [4.69, 9.17) is 4.74 Å². The Morgan fingerprint density at radius 2 is 1.70 bits per heavy atom. The van der Waals surface area contributed by atoms with Gasteiger partial charge in [0.25, 0.3) is 0 Å². The molecule has 2 heterocycles. The zero-order valence-corrected chi connectivity index (χ0v) is 19.3. The Kier molecular flexibility index (Phi) is 5.44. The summed E-state index contributed by atoms with van der Waals surface area (Å²) in [5, 5.41) is 0. The minimum atomic E-state index is -0.302. The van der Waals surface area contributed by atoms with Crippen molar-refractivity contribution >= 4 is 17.5 Å². The number of ether oxygens (including phenoxy) is 1. The van der Waals surface area contributed by atoms with Crippen LogP contribution in [-0.4, -0.2) is 41.0 Å². The van der Waals surface area contributed by atoms with Crippen molar-refractivity contribution < 1.29 is 14.3 Å². The molecule has 2 aliphatic rings. The van der Waals surface area contributed by atoms with E-state index in [0.29, 0.717) is 0 Å². The number of hydrogen-bond donors (Lipinski definition) is 0. The van der Waals surface area contributed by atoms with Gasteiger partial charge < -0.3 is 14.2 Å². The summed E-state index contributed by atoms with van der Waals surface area (Å²) >= 11 is 0. The number of aromatic nitrogens is 1. The average Bonchev–Trinajstić information content (AvgIpc) is 3.56. The first-order chi connectivity index (χ1) is 16.0. The van der Waals surface area contributed by atoms with Crippen LogP contribution in [0, 0.1) is 5.92 Å². The van der Waals surface area contributed by atoms with Crippen molar-refractivity contribution in [2.75, 3.05) is 18.6 Å². The summed E-state index contributed by atoms with van der Waals surface area (Å²) in [5.74, 6) is 0.601. The van der Waals surface area contributed by atoms with Crippen LogP contribution in [0.2, 0.25) is 0 Å². The Hall–Kier alpha value is -3.54. The van der Waals surface area contributed by atoms with Gasteiger partial charge in [0.05, 0.1) is 24.2 Å². The van der Waals surface area contributed by atoms with E-state index in [-0.39, 0.29) is 36.4 Å². The third-order valence-electron chi connectivity index (χ3n) is 6.49. The van der Waals surface area contributed by atoms with E-state index in [0.717, 1.165) is 41.2 Å². The van der Waals surface area contributed by atoms with Crippen LogP contribution in [0.25, 0.3) is 5.69 Å². The summed E-state index contributed by atoms with van der Waals surface area (Å²) in [7, 11) is 1.64. The highest BCUT2D eigenvalue weighted by molar-refractivity contribution is 6.00. The molecule has 2 amide bonds. The molecular formula is C27H29N3O3. The number of hydrogen-bond acceptors (Lipinski definition) is 3. The first kappa shape index (κ1) is 21.3. The molecule has 1 aliphatic carbocycles. The van der Waals surface area contributed by atoms with E-state index in [1.54, 1.807) is 12.0 Å². The van der Waals surface area contributed by atoms with E-state index in [2.05, 4.69) is 10.6 Å². The number of carbonyl (C=O) groups excluding carboxylic acids is 2. The topological polar surface area (TPSA) is 54.8 Å². The molecule has 0 spiro atoms. The van der Waals surface area contributed by atoms with Crippen molar-refractivity contribution in [3.8, 4) is 11.4 Å². The zero-order chi connectivity index (χ0) is 23.1. The van der Waals surface area contributed by atoms with Crippen molar-refractivity contribution in [1.29, 1.82) is 0 Å². The molecule has 6 nitrogen and oxygen atoms in total. The molecule has 1 atom stereocenters. The number of nitrogens with zero attached hydrogens (tertiary/aromatic N) is 3. The van der Waals surface area contributed by atoms with Gasteiger partial charge in [0.15, 0.2) is 0 Å². The Morgan fingerprint density at radius 1 is 1.00 bits per heavy atom. The second-order valence-electron chi connectivity index (χ2n) is 9.08. The molecule has 1 aliphatic heterocycles. The summed E-state index contributed by atoms with van der Waals surface area (Å²) in [4.78, 5) is 30.5. The van der Waals surface area contributed by atoms with E-state index in [1.165, 1.54) is 0 Å². The molecule has 3 aromatic rings. The fourth-order valence-electron chi connectivity index (χ4n) is 4.69. The molecule has 0 saturated heterocycles. The maximum absolute atomic E-state index is 14.0. The summed E-state index contributed by atoms with van der Waals surface area (Å²) in [6.45, 7) is 3.88. The van der Waals surface area contributed by atoms with Crippen molar-refractivity contribution in [1.82, 2.24) is 9.47 Å². The van der Waals surface area contributed by atoms with Crippen LogP contribution in [0.4, 0.5) is 5.69 Å². The normalized spacial score (nSPS) is 16.8. The third-order valence-corrected chi connectivity index (χ3v) is 6.49. The van der Waals surface area contributed by atoms with Crippen molar-refractivity contribution in [3.63, 3.8) is 0 Å². The molecule has 1 aromatic heterocycles. The SMILES string of the molecule is COc1ccc(C2c3cccn3-c3ccccc3N2C(=O)CN(C(=O)C(C)C)C2CC2)cc1. The molecular weight excluding hydrogens is 414 g/mol. The monoisotopic (exact) mass is 443 g/mol. The number of methoxy groups -OCH3 is 1. The van der Waals surface area contributed by atoms with Gasteiger partial charge in [0.2, 0.25) is 11.8 Å². The standard InChI is InChI=1S/C27H29N3O3/c1-18(2)27(32)29(20-12-13-20)17-25(31)30-23-8-5-4-7-22(23)28-16-6-9-24(28)26(30)19-10-14-21(33-3)15-11-19/h4-11,14-16,18,20,26H,12-13,17H2,1-3H3. The maximum atomic E-state index is 14.0. The number of fused-ring (bicyclic) bond motifs is 3. The van der Waals surface area contributed by atoms with E-state index in [9.17, 15) is 9.59 Å². The lowest BCUT2D eigenvalue weighted by Crippen LogP contribution is -2.48. The summed E-state index contributed by atoms with van der Waals surface area (Å²) in [5.41, 5.74) is 3.82. The molecule has 1 unspecified atom stereocenters. The summed E-state index contributed by atoms with van der Waals surface area (Å²) < 4.78 is 7.49. The van der Waals surface area contributed by atoms with Crippen LogP contribution in [0.5, 0.6) is 5.75 Å². The predicted molar refractivity (Wildman–Crippen MR) is 128 cm³/mol. The lowest BCUT2D eigenvalue weighted by atomic mass is 9.97. The maximum Gasteiger partial charge on any atom is 0.247 e. The minimum absolute atomic E-state index is 0.0421. The lowest BCUT2D eigenvalue weighted by Gasteiger charge is -2.39. The number of anilines is 1. The van der Waals surface area contributed by atoms with Gasteiger partial charge >= 0.3 is 0 Å². The highest BCUT2D eigenvalue weighted by Crippen LogP contribution is 2.43. The molecule has 0 radical (unpaired) electrons. The van der Waals surface area contributed by atoms with Crippen LogP contribution in [0.15, 0.2) is 66.9 Å². The van der Waals surface area contributed by atoms with Crippen molar-refractivity contribution in [3.05, 3.63) is 78.1 Å². The van der Waals surface area contributed by atoms with Gasteiger partial charge in [-0.15, -0.1) is 0 Å². The molecule has 6 heteroatoms. The fourth-order valence-corrected chi connectivity index (χ4v) is 4.69. The Morgan fingerprint density at radius 3 is 2.33 bits per heavy atom. The summed E-state index contributed by atoms with van der Waals surface area (Å²) in [6.07, 6.45) is 3.96. The largest absolute Gasteiger partial charge is 0.497 e. The molecule has 2 aromatic carbocycles. The highest BCUT2D eigenvalue weighted by atomic mass is 16.5. The van der Waals surface area contributed by atoms with Gasteiger partial charge in [-0.2, -0.15) is 0 Å². The Labute approximate surface area is 194 Å². The first-order valence-electron chi connectivity index (χ1n) is 11.5. The van der Waals surface area contributed by atoms with Crippen LogP contribution < -0.4 is 9.64 Å². The van der Waals surface area contributed by atoms with Crippen LogP contribution in [-0.2, 0) is 9.59 Å². The van der Waals surface area contributed by atoms with Gasteiger partial charge in [-0.3, -0.25) is 14.5 Å². The van der Waals surface area contributed by atoms with Crippen LogP contribution >= 0.6 is 0 Å². The van der Waals surface area contributed by atoms with Crippen molar-refractivity contribution in [2.24, 2.45) is 5.92 Å². The van der Waals surface area contributed by atoms with Gasteiger partial charge in [-0.25, -0.2) is 0 Å². The van der Waals surface area contributed by atoms with E-state index < -0.39 is 0 Å². The number of rotatable bonds is 6. The Balaban J connectivity index is 1.59. The zero-order valence-electron chi connectivity index (χ0n) is 19.3. The number of para-hydroxylation sites is 2. The predicted octanol–water partition coefficient (Wildman–Crippen LogP) is 4.57. The summed E-state index contributed by atoms with van der Waals surface area (Å²) in [6, 6.07) is 19.7. The molecule has 170 valence electrons. The molecule has 1 saturated carbocycles. The average molecular weight is 444 g/mol. The molecule has 0 bridgehead atoms. The first-order valence-corrected chi connectivity index (χ1v) is 11.5. The second-order valence-corrected chi connectivity index (χ2v) is 9.08. The Bertz CT molecular complexity index is 1180.